The Labute approximate surface area is 156 Å². The van der Waals surface area contributed by atoms with Crippen molar-refractivity contribution in [3.63, 3.8) is 0 Å². The van der Waals surface area contributed by atoms with Gasteiger partial charge in [0.25, 0.3) is 5.91 Å². The first kappa shape index (κ1) is 16.9. The Morgan fingerprint density at radius 1 is 1.15 bits per heavy atom. The molecule has 1 aromatic heterocycles. The van der Waals surface area contributed by atoms with E-state index >= 15 is 0 Å². The molecule has 0 spiro atoms. The monoisotopic (exact) mass is 359 g/mol. The van der Waals surface area contributed by atoms with Crippen molar-refractivity contribution in [1.29, 1.82) is 0 Å². The number of nitrogens with one attached hydrogen (secondary N) is 1. The van der Waals surface area contributed by atoms with Gasteiger partial charge in [-0.3, -0.25) is 4.79 Å². The Bertz CT molecular complexity index is 993. The van der Waals surface area contributed by atoms with Crippen molar-refractivity contribution in [3.8, 4) is 17.4 Å². The van der Waals surface area contributed by atoms with Gasteiger partial charge in [0.15, 0.2) is 13.5 Å². The number of carbonyl (C=O) groups excluding carboxylic acids is 2. The van der Waals surface area contributed by atoms with Crippen LogP contribution in [0.1, 0.15) is 20.8 Å². The van der Waals surface area contributed by atoms with Gasteiger partial charge in [0.05, 0.1) is 6.54 Å². The summed E-state index contributed by atoms with van der Waals surface area (Å²) in [5.41, 5.74) is 0.611. The molecule has 0 saturated carbocycles. The minimum absolute atomic E-state index is 0.292. The van der Waals surface area contributed by atoms with Crippen LogP contribution in [0.25, 0.3) is 0 Å². The van der Waals surface area contributed by atoms with Gasteiger partial charge < -0.3 is 19.6 Å². The number of nitrogens with zero attached hydrogens (tertiary/aromatic N) is 2. The van der Waals surface area contributed by atoms with E-state index in [4.69, 9.17) is 17.3 Å². The number of fused-ring (bicyclic) bond motifs is 1. The van der Waals surface area contributed by atoms with Crippen molar-refractivity contribution < 1.29 is 19.1 Å². The number of amides is 1. The second-order valence-corrected chi connectivity index (χ2v) is 5.88. The van der Waals surface area contributed by atoms with Gasteiger partial charge in [-0.1, -0.05) is 12.1 Å². The smallest absolute Gasteiger partial charge is 0.276 e. The van der Waals surface area contributed by atoms with Crippen LogP contribution < -0.4 is 14.8 Å². The van der Waals surface area contributed by atoms with Gasteiger partial charge in [-0.2, -0.15) is 5.10 Å². The molecule has 2 heterocycles. The Morgan fingerprint density at radius 2 is 1.93 bits per heavy atom. The average molecular weight is 359 g/mol. The quantitative estimate of drug-likeness (QED) is 0.709. The number of anilines is 1. The van der Waals surface area contributed by atoms with E-state index in [0.29, 0.717) is 47.5 Å². The molecule has 0 unspecified atom stereocenters. The number of carbonyl (C=O) groups is 2. The van der Waals surface area contributed by atoms with E-state index in [-0.39, 0.29) is 5.91 Å². The molecule has 0 bridgehead atoms. The largest absolute Gasteiger partial charge is 0.476 e. The van der Waals surface area contributed by atoms with Crippen LogP contribution in [0.5, 0.6) is 17.4 Å². The summed E-state index contributed by atoms with van der Waals surface area (Å²) in [5, 5.41) is 6.97. The molecule has 0 aliphatic carbocycles. The summed E-state index contributed by atoms with van der Waals surface area (Å²) >= 11 is 0. The Morgan fingerprint density at radius 3 is 2.67 bits per heavy atom. The van der Waals surface area contributed by atoms with Crippen LogP contribution in [-0.2, 0) is 6.54 Å². The molecule has 132 valence electrons. The third kappa shape index (κ3) is 3.55. The van der Waals surface area contributed by atoms with Crippen LogP contribution in [0.4, 0.5) is 5.69 Å². The second-order valence-electron chi connectivity index (χ2n) is 5.88. The van der Waals surface area contributed by atoms with Gasteiger partial charge in [-0.15, -0.1) is 0 Å². The fraction of sp³-hybridized carbons (Fsp3) is 0.105. The van der Waals surface area contributed by atoms with Crippen LogP contribution >= 0.6 is 0 Å². The van der Waals surface area contributed by atoms with E-state index in [9.17, 15) is 9.59 Å². The number of rotatable bonds is 5. The SMILES string of the molecule is [B]C(=O)c1ccccc1Oc1ccc(NC(=O)c2cc3n(n2)CCO3)cc1. The van der Waals surface area contributed by atoms with E-state index < -0.39 is 5.68 Å². The lowest BCUT2D eigenvalue weighted by molar-refractivity contribution is 0.102. The van der Waals surface area contributed by atoms with Crippen molar-refractivity contribution >= 4 is 25.1 Å². The minimum atomic E-state index is -0.564. The zero-order valence-electron chi connectivity index (χ0n) is 14.2. The highest BCUT2D eigenvalue weighted by Gasteiger charge is 2.19. The third-order valence-electron chi connectivity index (χ3n) is 4.02. The summed E-state index contributed by atoms with van der Waals surface area (Å²) in [5.74, 6) is 1.15. The normalized spacial score (nSPS) is 12.1. The maximum absolute atomic E-state index is 12.3. The summed E-state index contributed by atoms with van der Waals surface area (Å²) in [6.45, 7) is 1.21. The van der Waals surface area contributed by atoms with Crippen molar-refractivity contribution in [1.82, 2.24) is 9.78 Å². The third-order valence-corrected chi connectivity index (χ3v) is 4.02. The highest BCUT2D eigenvalue weighted by Crippen LogP contribution is 2.26. The summed E-state index contributed by atoms with van der Waals surface area (Å²) < 4.78 is 12.7. The summed E-state index contributed by atoms with van der Waals surface area (Å²) in [6, 6.07) is 15.1. The predicted molar refractivity (Wildman–Crippen MR) is 98.7 cm³/mol. The van der Waals surface area contributed by atoms with E-state index in [0.717, 1.165) is 0 Å². The lowest BCUT2D eigenvalue weighted by Gasteiger charge is -2.10. The van der Waals surface area contributed by atoms with Crippen molar-refractivity contribution in [3.05, 3.63) is 65.9 Å². The first-order valence-corrected chi connectivity index (χ1v) is 8.29. The predicted octanol–water partition coefficient (Wildman–Crippen LogP) is 2.63. The number of aromatic nitrogens is 2. The summed E-state index contributed by atoms with van der Waals surface area (Å²) in [6.07, 6.45) is 0. The van der Waals surface area contributed by atoms with E-state index in [2.05, 4.69) is 10.4 Å². The van der Waals surface area contributed by atoms with E-state index in [1.807, 2.05) is 0 Å². The molecule has 3 aromatic rings. The van der Waals surface area contributed by atoms with Crippen LogP contribution in [0.2, 0.25) is 0 Å². The van der Waals surface area contributed by atoms with Gasteiger partial charge in [-0.25, -0.2) is 4.68 Å². The molecular weight excluding hydrogens is 345 g/mol. The van der Waals surface area contributed by atoms with Crippen molar-refractivity contribution in [2.45, 2.75) is 6.54 Å². The number of hydrogen-bond acceptors (Lipinski definition) is 5. The lowest BCUT2D eigenvalue weighted by Crippen LogP contribution is -2.13. The first-order valence-electron chi connectivity index (χ1n) is 8.29. The molecule has 0 fully saturated rings. The average Bonchev–Trinajstić information content (AvgIpc) is 3.26. The topological polar surface area (TPSA) is 82.5 Å². The molecule has 1 aliphatic rings. The molecule has 1 N–H and O–H groups in total. The van der Waals surface area contributed by atoms with Gasteiger partial charge in [0.1, 0.15) is 23.8 Å². The van der Waals surface area contributed by atoms with Crippen LogP contribution in [-0.4, -0.2) is 35.8 Å². The highest BCUT2D eigenvalue weighted by atomic mass is 16.5. The number of hydrogen-bond donors (Lipinski definition) is 1. The molecule has 1 amide bonds. The molecule has 2 aromatic carbocycles. The Balaban J connectivity index is 1.44. The Kier molecular flexibility index (Phi) is 4.37. The number of benzene rings is 2. The molecule has 0 atom stereocenters. The van der Waals surface area contributed by atoms with E-state index in [1.54, 1.807) is 59.3 Å². The standard InChI is InChI=1S/C19H14BN3O4/c20-18(24)14-3-1-2-4-16(14)27-13-7-5-12(6-8-13)21-19(25)15-11-17-23(22-15)9-10-26-17/h1-8,11H,9-10H2,(H,21,25). The first-order chi connectivity index (χ1) is 13.1. The molecule has 1 aliphatic heterocycles. The van der Waals surface area contributed by atoms with Crippen LogP contribution in [0.15, 0.2) is 54.6 Å². The maximum Gasteiger partial charge on any atom is 0.276 e. The molecule has 27 heavy (non-hydrogen) atoms. The molecule has 7 nitrogen and oxygen atoms in total. The second kappa shape index (κ2) is 6.99. The maximum atomic E-state index is 12.3. The van der Waals surface area contributed by atoms with Crippen LogP contribution in [0.3, 0.4) is 0 Å². The van der Waals surface area contributed by atoms with Crippen molar-refractivity contribution in [2.24, 2.45) is 0 Å². The fourth-order valence-electron chi connectivity index (χ4n) is 2.71. The number of ether oxygens (including phenoxy) is 2. The zero-order chi connectivity index (χ0) is 18.8. The fourth-order valence-corrected chi connectivity index (χ4v) is 2.71. The highest BCUT2D eigenvalue weighted by molar-refractivity contribution is 6.62. The van der Waals surface area contributed by atoms with Gasteiger partial charge >= 0.3 is 0 Å². The molecule has 0 saturated heterocycles. The molecular formula is C19H14BN3O4. The Hall–Kier alpha value is -3.55. The van der Waals surface area contributed by atoms with Gasteiger partial charge in [0, 0.05) is 17.3 Å². The van der Waals surface area contributed by atoms with Gasteiger partial charge in [-0.05, 0) is 36.4 Å². The van der Waals surface area contributed by atoms with Gasteiger partial charge in [0.2, 0.25) is 5.88 Å². The summed E-state index contributed by atoms with van der Waals surface area (Å²) in [4.78, 5) is 23.7. The van der Waals surface area contributed by atoms with Crippen LogP contribution in [0, 0.1) is 0 Å². The lowest BCUT2D eigenvalue weighted by atomic mass is 9.94. The number of para-hydroxylation sites is 1. The molecule has 4 rings (SSSR count). The zero-order valence-corrected chi connectivity index (χ0v) is 14.2. The van der Waals surface area contributed by atoms with E-state index in [1.165, 1.54) is 0 Å². The minimum Gasteiger partial charge on any atom is -0.476 e. The molecule has 2 radical (unpaired) electrons. The summed E-state index contributed by atoms with van der Waals surface area (Å²) in [7, 11) is 5.35. The molecule has 8 heteroatoms. The van der Waals surface area contributed by atoms with Crippen molar-refractivity contribution in [2.75, 3.05) is 11.9 Å².